The van der Waals surface area contributed by atoms with Crippen LogP contribution in [0.5, 0.6) is 11.6 Å². The van der Waals surface area contributed by atoms with E-state index in [1.807, 2.05) is 0 Å². The zero-order chi connectivity index (χ0) is 22.1. The fraction of sp³-hybridized carbons (Fsp3) is 0.350. The van der Waals surface area contributed by atoms with Crippen LogP contribution in [0, 0.1) is 6.92 Å². The summed E-state index contributed by atoms with van der Waals surface area (Å²) < 4.78 is 52.4. The van der Waals surface area contributed by atoms with E-state index in [0.29, 0.717) is 5.75 Å². The molecule has 0 fully saturated rings. The first kappa shape index (κ1) is 21.4. The Bertz CT molecular complexity index is 1060. The van der Waals surface area contributed by atoms with Gasteiger partial charge >= 0.3 is 6.18 Å². The number of benzene rings is 1. The second-order valence-electron chi connectivity index (χ2n) is 6.74. The number of hydrogen-bond acceptors (Lipinski definition) is 5. The maximum atomic E-state index is 13.5. The van der Waals surface area contributed by atoms with Gasteiger partial charge < -0.3 is 14.8 Å². The molecule has 30 heavy (non-hydrogen) atoms. The lowest BCUT2D eigenvalue weighted by Gasteiger charge is -2.16. The van der Waals surface area contributed by atoms with Gasteiger partial charge in [-0.15, -0.1) is 0 Å². The summed E-state index contributed by atoms with van der Waals surface area (Å²) >= 11 is 0. The van der Waals surface area contributed by atoms with E-state index >= 15 is 0 Å². The molecule has 1 atom stereocenters. The van der Waals surface area contributed by atoms with Gasteiger partial charge in [0.25, 0.3) is 5.91 Å². The van der Waals surface area contributed by atoms with Gasteiger partial charge in [-0.05, 0) is 31.5 Å². The molecule has 0 radical (unpaired) electrons. The van der Waals surface area contributed by atoms with Crippen LogP contribution < -0.4 is 14.8 Å². The highest BCUT2D eigenvalue weighted by atomic mass is 19.4. The van der Waals surface area contributed by atoms with Gasteiger partial charge in [0, 0.05) is 19.7 Å². The standard InChI is InChI=1S/C20H21F3N4O3/c1-11-17-15(20(21,22)23)9-16(25-18(17)27(3)26-11)30-12(2)19(28)24-10-13-5-7-14(29-4)8-6-13/h5-9,12H,10H2,1-4H3,(H,24,28). The molecular formula is C20H21F3N4O3. The predicted molar refractivity (Wildman–Crippen MR) is 103 cm³/mol. The molecule has 0 aliphatic carbocycles. The Labute approximate surface area is 170 Å². The lowest BCUT2D eigenvalue weighted by molar-refractivity contribution is -0.136. The van der Waals surface area contributed by atoms with Crippen molar-refractivity contribution in [3.63, 3.8) is 0 Å². The average Bonchev–Trinajstić information content (AvgIpc) is 2.98. The SMILES string of the molecule is COc1ccc(CNC(=O)C(C)Oc2cc(C(F)(F)F)c3c(C)nn(C)c3n2)cc1. The summed E-state index contributed by atoms with van der Waals surface area (Å²) in [6.45, 7) is 3.16. The third-order valence-corrected chi connectivity index (χ3v) is 4.54. The van der Waals surface area contributed by atoms with Crippen molar-refractivity contribution >= 4 is 16.9 Å². The Morgan fingerprint density at radius 1 is 1.27 bits per heavy atom. The van der Waals surface area contributed by atoms with Gasteiger partial charge in [0.1, 0.15) is 5.75 Å². The molecule has 160 valence electrons. The number of nitrogens with zero attached hydrogens (tertiary/aromatic N) is 3. The fourth-order valence-corrected chi connectivity index (χ4v) is 3.02. The molecule has 2 aromatic heterocycles. The molecule has 0 aliphatic rings. The minimum atomic E-state index is -4.62. The number of carbonyl (C=O) groups excluding carboxylic acids is 1. The minimum absolute atomic E-state index is 0.0307. The second-order valence-corrected chi connectivity index (χ2v) is 6.74. The van der Waals surface area contributed by atoms with Crippen LogP contribution >= 0.6 is 0 Å². The van der Waals surface area contributed by atoms with Crippen LogP contribution in [-0.4, -0.2) is 33.9 Å². The molecule has 0 spiro atoms. The number of aryl methyl sites for hydroxylation is 2. The van der Waals surface area contributed by atoms with E-state index in [4.69, 9.17) is 9.47 Å². The second kappa shape index (κ2) is 8.21. The maximum Gasteiger partial charge on any atom is 0.417 e. The van der Waals surface area contributed by atoms with Gasteiger partial charge in [-0.2, -0.15) is 23.3 Å². The Kier molecular flexibility index (Phi) is 5.86. The normalized spacial score (nSPS) is 12.6. The van der Waals surface area contributed by atoms with Gasteiger partial charge in [-0.25, -0.2) is 0 Å². The summed E-state index contributed by atoms with van der Waals surface area (Å²) in [6.07, 6.45) is -5.67. The van der Waals surface area contributed by atoms with Crippen LogP contribution in [0.3, 0.4) is 0 Å². The van der Waals surface area contributed by atoms with E-state index < -0.39 is 23.8 Å². The van der Waals surface area contributed by atoms with E-state index in [9.17, 15) is 18.0 Å². The van der Waals surface area contributed by atoms with E-state index in [1.165, 1.54) is 25.6 Å². The highest BCUT2D eigenvalue weighted by Gasteiger charge is 2.36. The topological polar surface area (TPSA) is 78.3 Å². The Morgan fingerprint density at radius 2 is 1.93 bits per heavy atom. The van der Waals surface area contributed by atoms with Gasteiger partial charge in [-0.3, -0.25) is 9.48 Å². The molecule has 1 amide bonds. The fourth-order valence-electron chi connectivity index (χ4n) is 3.02. The van der Waals surface area contributed by atoms with Crippen LogP contribution in [0.1, 0.15) is 23.7 Å². The number of hydrogen-bond donors (Lipinski definition) is 1. The average molecular weight is 422 g/mol. The Morgan fingerprint density at radius 3 is 2.53 bits per heavy atom. The van der Waals surface area contributed by atoms with Crippen molar-refractivity contribution in [2.45, 2.75) is 32.7 Å². The molecule has 1 N–H and O–H groups in total. The molecule has 0 bridgehead atoms. The number of amides is 1. The van der Waals surface area contributed by atoms with E-state index in [1.54, 1.807) is 31.4 Å². The van der Waals surface area contributed by atoms with Gasteiger partial charge in [0.2, 0.25) is 5.88 Å². The molecule has 7 nitrogen and oxygen atoms in total. The van der Waals surface area contributed by atoms with Gasteiger partial charge in [-0.1, -0.05) is 12.1 Å². The summed E-state index contributed by atoms with van der Waals surface area (Å²) in [5.41, 5.74) is 0.173. The van der Waals surface area contributed by atoms with Crippen molar-refractivity contribution in [3.8, 4) is 11.6 Å². The summed E-state index contributed by atoms with van der Waals surface area (Å²) in [5.74, 6) is -0.0958. The first-order valence-electron chi connectivity index (χ1n) is 9.09. The summed E-state index contributed by atoms with van der Waals surface area (Å²) in [7, 11) is 3.05. The van der Waals surface area contributed by atoms with Crippen molar-refractivity contribution in [1.82, 2.24) is 20.1 Å². The molecule has 0 saturated carbocycles. The van der Waals surface area contributed by atoms with Crippen molar-refractivity contribution in [2.24, 2.45) is 7.05 Å². The number of nitrogens with one attached hydrogen (secondary N) is 1. The molecule has 3 aromatic rings. The van der Waals surface area contributed by atoms with Crippen LogP contribution in [0.2, 0.25) is 0 Å². The molecule has 0 aliphatic heterocycles. The zero-order valence-corrected chi connectivity index (χ0v) is 16.9. The van der Waals surface area contributed by atoms with Crippen LogP contribution in [0.15, 0.2) is 30.3 Å². The number of methoxy groups -OCH3 is 1. The monoisotopic (exact) mass is 422 g/mol. The highest BCUT2D eigenvalue weighted by molar-refractivity contribution is 5.84. The first-order valence-corrected chi connectivity index (χ1v) is 9.09. The molecule has 0 saturated heterocycles. The van der Waals surface area contributed by atoms with Gasteiger partial charge in [0.05, 0.1) is 23.8 Å². The Balaban J connectivity index is 1.76. The number of alkyl halides is 3. The largest absolute Gasteiger partial charge is 0.497 e. The lowest BCUT2D eigenvalue weighted by Crippen LogP contribution is -2.36. The molecule has 2 heterocycles. The smallest absolute Gasteiger partial charge is 0.417 e. The lowest BCUT2D eigenvalue weighted by atomic mass is 10.1. The maximum absolute atomic E-state index is 13.5. The van der Waals surface area contributed by atoms with E-state index in [2.05, 4.69) is 15.4 Å². The number of carbonyl (C=O) groups is 1. The number of aromatic nitrogens is 3. The summed E-state index contributed by atoms with van der Waals surface area (Å²) in [6, 6.07) is 7.90. The quantitative estimate of drug-likeness (QED) is 0.659. The van der Waals surface area contributed by atoms with Crippen molar-refractivity contribution in [3.05, 3.63) is 47.2 Å². The first-order chi connectivity index (χ1) is 14.1. The molecule has 1 unspecified atom stereocenters. The molecule has 10 heteroatoms. The van der Waals surface area contributed by atoms with Crippen LogP contribution in [-0.2, 0) is 24.6 Å². The zero-order valence-electron chi connectivity index (χ0n) is 16.9. The minimum Gasteiger partial charge on any atom is -0.497 e. The predicted octanol–water partition coefficient (Wildman–Crippen LogP) is 3.39. The van der Waals surface area contributed by atoms with E-state index in [-0.39, 0.29) is 29.2 Å². The van der Waals surface area contributed by atoms with Gasteiger partial charge in [0.15, 0.2) is 11.8 Å². The molecule has 3 rings (SSSR count). The molecule has 1 aromatic carbocycles. The molecular weight excluding hydrogens is 401 g/mol. The Hall–Kier alpha value is -3.30. The number of fused-ring (bicyclic) bond motifs is 1. The summed E-state index contributed by atoms with van der Waals surface area (Å²) in [5, 5.41) is 6.60. The highest BCUT2D eigenvalue weighted by Crippen LogP contribution is 2.37. The van der Waals surface area contributed by atoms with Crippen LogP contribution in [0.4, 0.5) is 13.2 Å². The summed E-state index contributed by atoms with van der Waals surface area (Å²) in [4.78, 5) is 16.4. The number of rotatable bonds is 6. The van der Waals surface area contributed by atoms with Crippen LogP contribution in [0.25, 0.3) is 11.0 Å². The third-order valence-electron chi connectivity index (χ3n) is 4.54. The number of ether oxygens (including phenoxy) is 2. The van der Waals surface area contributed by atoms with Crippen molar-refractivity contribution in [2.75, 3.05) is 7.11 Å². The third kappa shape index (κ3) is 4.47. The van der Waals surface area contributed by atoms with Crippen molar-refractivity contribution in [1.29, 1.82) is 0 Å². The van der Waals surface area contributed by atoms with E-state index in [0.717, 1.165) is 11.6 Å². The number of pyridine rings is 1. The van der Waals surface area contributed by atoms with Crippen molar-refractivity contribution < 1.29 is 27.4 Å². The number of halogens is 3.